The number of nitrogens with zero attached hydrogens (tertiary/aromatic N) is 2. The molecule has 3 heterocycles. The third kappa shape index (κ3) is 18.0. The average molecular weight is 1030 g/mol. The summed E-state index contributed by atoms with van der Waals surface area (Å²) in [6, 6.07) is -2.56. The van der Waals surface area contributed by atoms with Gasteiger partial charge in [0.15, 0.2) is 0 Å². The predicted octanol–water partition coefficient (Wildman–Crippen LogP) is -1.52. The third-order valence-corrected chi connectivity index (χ3v) is 14.8. The van der Waals surface area contributed by atoms with E-state index in [0.29, 0.717) is 37.0 Å². The van der Waals surface area contributed by atoms with Gasteiger partial charge in [0.05, 0.1) is 12.5 Å². The van der Waals surface area contributed by atoms with E-state index in [-0.39, 0.29) is 56.9 Å². The zero-order chi connectivity index (χ0) is 52.2. The Morgan fingerprint density at radius 2 is 1.38 bits per heavy atom. The molecule has 3 saturated heterocycles. The van der Waals surface area contributed by atoms with Crippen molar-refractivity contribution in [2.75, 3.05) is 24.6 Å². The number of amides is 10. The number of carboxylic acid groups (broad SMARTS) is 1. The van der Waals surface area contributed by atoms with E-state index in [0.717, 1.165) is 12.8 Å². The Balaban J connectivity index is 1.74. The number of benzene rings is 1. The molecule has 1 aromatic rings. The molecular weight excluding hydrogens is 965 g/mol. The van der Waals surface area contributed by atoms with Gasteiger partial charge in [-0.2, -0.15) is 0 Å². The molecule has 10 amide bonds. The van der Waals surface area contributed by atoms with Crippen LogP contribution in [0.4, 0.5) is 0 Å². The highest BCUT2D eigenvalue weighted by atomic mass is 33.1. The maximum atomic E-state index is 14.4. The highest BCUT2D eigenvalue weighted by Gasteiger charge is 2.45. The number of nitrogens with two attached hydrogens (primary N) is 2. The first-order valence-corrected chi connectivity index (χ1v) is 26.5. The van der Waals surface area contributed by atoms with Crippen LogP contribution in [0.3, 0.4) is 0 Å². The van der Waals surface area contributed by atoms with Gasteiger partial charge in [-0.25, -0.2) is 0 Å². The molecule has 1 unspecified atom stereocenters. The number of carbonyl (C=O) groups is 11. The fourth-order valence-electron chi connectivity index (χ4n) is 8.50. The van der Waals surface area contributed by atoms with Crippen molar-refractivity contribution in [1.82, 2.24) is 41.7 Å². The zero-order valence-electron chi connectivity index (χ0n) is 40.1. The molecule has 0 saturated carbocycles. The van der Waals surface area contributed by atoms with Gasteiger partial charge in [0, 0.05) is 43.9 Å². The number of aliphatic hydroxyl groups is 1. The van der Waals surface area contributed by atoms with Crippen LogP contribution >= 0.6 is 21.6 Å². The highest BCUT2D eigenvalue weighted by Crippen LogP contribution is 2.28. The monoisotopic (exact) mass is 1030 g/mol. The molecule has 25 heteroatoms. The number of nitrogens with one attached hydrogen (secondary N) is 6. The highest BCUT2D eigenvalue weighted by molar-refractivity contribution is 8.76. The Bertz CT molecular complexity index is 2090. The van der Waals surface area contributed by atoms with Crippen LogP contribution in [0.15, 0.2) is 30.3 Å². The van der Waals surface area contributed by atoms with Crippen LogP contribution in [0, 0.1) is 0 Å². The smallest absolute Gasteiger partial charge is 0.305 e. The minimum atomic E-state index is -1.70. The standard InChI is InChI=1S/C46H68N10O13S2/c1-3-4-6-15-36(59)49-30-19-23-71-70-22-18-29(41(64)52-31(39(48)62)25-37(60)61)50-42(65)32(24-27-11-7-5-8-12-27)53-40(63)28(16-17-35(47)58)51-44(67)38(26(2)57)54-43(66)33-13-9-20-55(33)46(69)34-14-10-21-56(34)45(30)68/h5,7-8,11-12,26,28-34,38,57H,3-4,6,9-10,13-25H2,1-2H3,(H2,47,58)(H2,48,62)(H,49,59)(H,50,65)(H,51,67)(H,52,64)(H,53,63)(H,54,66)(H,60,61)/t26-,28+,29+,30?,31+,32+,33+,34+,38+/m1/s1. The molecule has 3 aliphatic heterocycles. The minimum Gasteiger partial charge on any atom is -0.481 e. The first-order valence-electron chi connectivity index (χ1n) is 24.0. The van der Waals surface area contributed by atoms with E-state index in [1.165, 1.54) is 38.3 Å². The number of unbranched alkanes of at least 4 members (excludes halogenated alkanes) is 2. The molecule has 392 valence electrons. The Labute approximate surface area is 420 Å². The molecule has 12 N–H and O–H groups in total. The molecule has 0 aromatic heterocycles. The van der Waals surface area contributed by atoms with Crippen molar-refractivity contribution in [3.8, 4) is 0 Å². The van der Waals surface area contributed by atoms with Crippen LogP contribution in [0.2, 0.25) is 0 Å². The molecular formula is C46H68N10O13S2. The number of hydrogen-bond donors (Lipinski definition) is 10. The second-order valence-electron chi connectivity index (χ2n) is 17.8. The van der Waals surface area contributed by atoms with Crippen LogP contribution in [-0.4, -0.2) is 164 Å². The summed E-state index contributed by atoms with van der Waals surface area (Å²) in [6.07, 6.45) is 0.427. The molecule has 0 spiro atoms. The van der Waals surface area contributed by atoms with E-state index < -0.39 is 133 Å². The molecule has 71 heavy (non-hydrogen) atoms. The second-order valence-corrected chi connectivity index (χ2v) is 20.5. The average Bonchev–Trinajstić information content (AvgIpc) is 4.02. The van der Waals surface area contributed by atoms with Gasteiger partial charge in [0.25, 0.3) is 0 Å². The number of hydrogen-bond acceptors (Lipinski definition) is 14. The fourth-order valence-corrected chi connectivity index (χ4v) is 10.7. The Kier molecular flexibility index (Phi) is 23.4. The number of aliphatic carboxylic acids is 1. The lowest BCUT2D eigenvalue weighted by Gasteiger charge is -2.33. The van der Waals surface area contributed by atoms with E-state index in [1.807, 2.05) is 6.92 Å². The minimum absolute atomic E-state index is 0.116. The molecule has 0 bridgehead atoms. The lowest BCUT2D eigenvalue weighted by atomic mass is 10.0. The summed E-state index contributed by atoms with van der Waals surface area (Å²) >= 11 is 0. The van der Waals surface area contributed by atoms with E-state index >= 15 is 0 Å². The molecule has 9 atom stereocenters. The van der Waals surface area contributed by atoms with Gasteiger partial charge in [-0.3, -0.25) is 52.7 Å². The SMILES string of the molecule is CCCCCC(=O)NC1CCSSCC[C@@H](C(=O)N[C@@H](CC(=O)O)C(N)=O)NC(=O)[C@H](Cc2ccccc2)NC(=O)[C@H](CCC(N)=O)NC(=O)[C@H]([C@@H](C)O)NC(=O)[C@@H]2CCCN2C(=O)[C@@H]2CCCN2C1=O. The number of fused-ring (bicyclic) bond motifs is 2. The number of rotatable bonds is 16. The van der Waals surface area contributed by atoms with Crippen molar-refractivity contribution < 1.29 is 63.0 Å². The molecule has 23 nitrogen and oxygen atoms in total. The molecule has 0 aliphatic carbocycles. The summed E-state index contributed by atoms with van der Waals surface area (Å²) in [5, 5.41) is 35.6. The summed E-state index contributed by atoms with van der Waals surface area (Å²) in [4.78, 5) is 151. The number of carbonyl (C=O) groups excluding carboxylic acids is 10. The third-order valence-electron chi connectivity index (χ3n) is 12.3. The van der Waals surface area contributed by atoms with Crippen molar-refractivity contribution >= 4 is 86.6 Å². The van der Waals surface area contributed by atoms with Crippen LogP contribution in [0.5, 0.6) is 0 Å². The molecule has 3 fully saturated rings. The molecule has 4 rings (SSSR count). The van der Waals surface area contributed by atoms with Crippen LogP contribution in [-0.2, 0) is 59.2 Å². The van der Waals surface area contributed by atoms with E-state index in [4.69, 9.17) is 11.5 Å². The lowest BCUT2D eigenvalue weighted by Crippen LogP contribution is -2.61. The van der Waals surface area contributed by atoms with Gasteiger partial charge < -0.3 is 63.4 Å². The summed E-state index contributed by atoms with van der Waals surface area (Å²) in [6.45, 7) is 3.58. The van der Waals surface area contributed by atoms with Crippen molar-refractivity contribution in [1.29, 1.82) is 0 Å². The largest absolute Gasteiger partial charge is 0.481 e. The van der Waals surface area contributed by atoms with Crippen LogP contribution in [0.1, 0.15) is 103 Å². The van der Waals surface area contributed by atoms with Gasteiger partial charge in [0.1, 0.15) is 48.3 Å². The summed E-state index contributed by atoms with van der Waals surface area (Å²) in [5.41, 5.74) is 11.4. The topological polar surface area (TPSA) is 359 Å². The first-order chi connectivity index (χ1) is 33.8. The van der Waals surface area contributed by atoms with Crippen molar-refractivity contribution in [2.24, 2.45) is 11.5 Å². The summed E-state index contributed by atoms with van der Waals surface area (Å²) in [5.74, 6) is -9.02. The van der Waals surface area contributed by atoms with Gasteiger partial charge in [-0.05, 0) is 63.9 Å². The van der Waals surface area contributed by atoms with Crippen molar-refractivity contribution in [3.05, 3.63) is 35.9 Å². The van der Waals surface area contributed by atoms with Gasteiger partial charge in [-0.15, -0.1) is 0 Å². The maximum absolute atomic E-state index is 14.4. The molecule has 3 aliphatic rings. The lowest BCUT2D eigenvalue weighted by molar-refractivity contribution is -0.148. The van der Waals surface area contributed by atoms with Crippen molar-refractivity contribution in [3.63, 3.8) is 0 Å². The van der Waals surface area contributed by atoms with Crippen LogP contribution < -0.4 is 43.4 Å². The first kappa shape index (κ1) is 57.6. The van der Waals surface area contributed by atoms with Gasteiger partial charge >= 0.3 is 5.97 Å². The second kappa shape index (κ2) is 28.8. The molecule has 0 radical (unpaired) electrons. The number of carboxylic acids is 1. The Hall–Kier alpha value is -5.95. The van der Waals surface area contributed by atoms with E-state index in [2.05, 4.69) is 31.9 Å². The van der Waals surface area contributed by atoms with Crippen molar-refractivity contribution in [2.45, 2.75) is 158 Å². The summed E-state index contributed by atoms with van der Waals surface area (Å²) < 4.78 is 0. The maximum Gasteiger partial charge on any atom is 0.305 e. The number of primary amides is 2. The Morgan fingerprint density at radius 3 is 2.00 bits per heavy atom. The number of aliphatic hydroxyl groups excluding tert-OH is 1. The Morgan fingerprint density at radius 1 is 0.761 bits per heavy atom. The van der Waals surface area contributed by atoms with E-state index in [1.54, 1.807) is 30.3 Å². The zero-order valence-corrected chi connectivity index (χ0v) is 41.7. The fraction of sp³-hybridized carbons (Fsp3) is 0.630. The predicted molar refractivity (Wildman–Crippen MR) is 261 cm³/mol. The normalized spacial score (nSPS) is 25.4. The molecule has 1 aromatic carbocycles. The van der Waals surface area contributed by atoms with Gasteiger partial charge in [0.2, 0.25) is 59.1 Å². The summed E-state index contributed by atoms with van der Waals surface area (Å²) in [7, 11) is 2.55. The van der Waals surface area contributed by atoms with E-state index in [9.17, 15) is 63.0 Å². The van der Waals surface area contributed by atoms with Gasteiger partial charge in [-0.1, -0.05) is 71.7 Å². The quantitative estimate of drug-likeness (QED) is 0.0664. The van der Waals surface area contributed by atoms with Crippen LogP contribution in [0.25, 0.3) is 0 Å².